The van der Waals surface area contributed by atoms with Gasteiger partial charge in [0.25, 0.3) is 11.8 Å². The highest BCUT2D eigenvalue weighted by Gasteiger charge is 2.31. The monoisotopic (exact) mass is 433 g/mol. The summed E-state index contributed by atoms with van der Waals surface area (Å²) in [6.45, 7) is 0.277. The van der Waals surface area contributed by atoms with Crippen LogP contribution in [0.2, 0.25) is 0 Å². The molecule has 10 heteroatoms. The maximum Gasteiger partial charge on any atom is 0.269 e. The lowest BCUT2D eigenvalue weighted by molar-refractivity contribution is -0.124. The van der Waals surface area contributed by atoms with Crippen molar-refractivity contribution in [1.82, 2.24) is 15.8 Å². The van der Waals surface area contributed by atoms with Crippen LogP contribution in [-0.4, -0.2) is 33.5 Å². The number of hydrogen-bond donors (Lipinski definition) is 2. The first-order valence-corrected chi connectivity index (χ1v) is 9.80. The summed E-state index contributed by atoms with van der Waals surface area (Å²) >= 11 is 6.41. The van der Waals surface area contributed by atoms with E-state index in [0.29, 0.717) is 21.4 Å². The zero-order valence-corrected chi connectivity index (χ0v) is 16.6. The van der Waals surface area contributed by atoms with Crippen molar-refractivity contribution in [3.05, 3.63) is 64.7 Å². The Morgan fingerprint density at radius 2 is 1.97 bits per heavy atom. The molecule has 3 rings (SSSR count). The minimum Gasteiger partial charge on any atom is -0.465 e. The zero-order chi connectivity index (χ0) is 20.8. The van der Waals surface area contributed by atoms with Crippen LogP contribution in [0.5, 0.6) is 0 Å². The van der Waals surface area contributed by atoms with Crippen molar-refractivity contribution in [1.29, 1.82) is 0 Å². The Morgan fingerprint density at radius 3 is 2.66 bits per heavy atom. The molecular weight excluding hydrogens is 417 g/mol. The second kappa shape index (κ2) is 9.48. The molecule has 150 valence electrons. The van der Waals surface area contributed by atoms with Crippen LogP contribution in [0, 0.1) is 5.82 Å². The summed E-state index contributed by atoms with van der Waals surface area (Å²) in [7, 11) is 0. The topological polar surface area (TPSA) is 91.7 Å². The van der Waals surface area contributed by atoms with E-state index in [2.05, 4.69) is 10.9 Å². The van der Waals surface area contributed by atoms with Crippen molar-refractivity contribution in [2.45, 2.75) is 12.8 Å². The molecule has 0 radical (unpaired) electrons. The Labute approximate surface area is 175 Å². The lowest BCUT2D eigenvalue weighted by atomic mass is 10.2. The number of hydrazine groups is 1. The summed E-state index contributed by atoms with van der Waals surface area (Å²) < 4.78 is 18.5. The van der Waals surface area contributed by atoms with Crippen LogP contribution in [0.1, 0.15) is 29.0 Å². The van der Waals surface area contributed by atoms with E-state index in [4.69, 9.17) is 16.6 Å². The Hall–Kier alpha value is -2.98. The van der Waals surface area contributed by atoms with Gasteiger partial charge in [-0.05, 0) is 42.8 Å². The number of hydrogen-bond acceptors (Lipinski definition) is 6. The van der Waals surface area contributed by atoms with Crippen molar-refractivity contribution in [2.24, 2.45) is 0 Å². The molecule has 0 atom stereocenters. The number of benzene rings is 1. The standard InChI is InChI=1S/C19H16FN3O4S2/c20-13-7-5-12(6-8-13)17(25)22-21-16(24)4-1-9-23-18(26)15(29-19(23)28)11-14-3-2-10-27-14/h2-3,5-8,10-11H,1,4,9H2,(H,21,24)(H,22,25). The van der Waals surface area contributed by atoms with E-state index in [0.717, 1.165) is 12.1 Å². The number of thioether (sulfide) groups is 1. The Kier molecular flexibility index (Phi) is 6.78. The summed E-state index contributed by atoms with van der Waals surface area (Å²) in [6.07, 6.45) is 3.58. The van der Waals surface area contributed by atoms with Crippen LogP contribution in [0.15, 0.2) is 52.0 Å². The van der Waals surface area contributed by atoms with E-state index in [1.807, 2.05) is 0 Å². The van der Waals surface area contributed by atoms with Crippen molar-refractivity contribution in [3.63, 3.8) is 0 Å². The average Bonchev–Trinajstić information content (AvgIpc) is 3.30. The number of rotatable bonds is 6. The van der Waals surface area contributed by atoms with Gasteiger partial charge in [-0.1, -0.05) is 24.0 Å². The van der Waals surface area contributed by atoms with Crippen LogP contribution < -0.4 is 10.9 Å². The molecule has 0 aliphatic carbocycles. The number of carbonyl (C=O) groups is 3. The molecule has 1 fully saturated rings. The van der Waals surface area contributed by atoms with Gasteiger partial charge in [0.2, 0.25) is 5.91 Å². The van der Waals surface area contributed by atoms with Gasteiger partial charge in [0.1, 0.15) is 15.9 Å². The molecule has 1 aliphatic heterocycles. The maximum absolute atomic E-state index is 12.9. The summed E-state index contributed by atoms with van der Waals surface area (Å²) in [5, 5.41) is 0. The van der Waals surface area contributed by atoms with Gasteiger partial charge >= 0.3 is 0 Å². The molecule has 1 aromatic heterocycles. The first kappa shape index (κ1) is 20.7. The van der Waals surface area contributed by atoms with Crippen LogP contribution in [0.25, 0.3) is 6.08 Å². The minimum atomic E-state index is -0.557. The highest BCUT2D eigenvalue weighted by Crippen LogP contribution is 2.32. The molecule has 0 saturated carbocycles. The van der Waals surface area contributed by atoms with Crippen LogP contribution in [0.4, 0.5) is 4.39 Å². The zero-order valence-electron chi connectivity index (χ0n) is 15.0. The fourth-order valence-corrected chi connectivity index (χ4v) is 3.74. The Bertz CT molecular complexity index is 958. The number of nitrogens with zero attached hydrogens (tertiary/aromatic N) is 1. The predicted octanol–water partition coefficient (Wildman–Crippen LogP) is 2.86. The van der Waals surface area contributed by atoms with Crippen molar-refractivity contribution in [3.8, 4) is 0 Å². The van der Waals surface area contributed by atoms with Crippen molar-refractivity contribution in [2.75, 3.05) is 6.54 Å². The van der Waals surface area contributed by atoms with E-state index in [-0.39, 0.29) is 24.4 Å². The molecule has 7 nitrogen and oxygen atoms in total. The van der Waals surface area contributed by atoms with Gasteiger partial charge in [0.15, 0.2) is 0 Å². The number of furan rings is 1. The highest BCUT2D eigenvalue weighted by molar-refractivity contribution is 8.26. The molecule has 1 aromatic carbocycles. The van der Waals surface area contributed by atoms with E-state index < -0.39 is 17.6 Å². The minimum absolute atomic E-state index is 0.0813. The predicted molar refractivity (Wildman–Crippen MR) is 110 cm³/mol. The number of nitrogens with one attached hydrogen (secondary N) is 2. The third-order valence-electron chi connectivity index (χ3n) is 3.90. The molecule has 1 aliphatic rings. The molecular formula is C19H16FN3O4S2. The number of thiocarbonyl (C=S) groups is 1. The van der Waals surface area contributed by atoms with Gasteiger partial charge in [-0.3, -0.25) is 30.1 Å². The largest absolute Gasteiger partial charge is 0.465 e. The molecule has 2 heterocycles. The second-order valence-electron chi connectivity index (χ2n) is 5.96. The Balaban J connectivity index is 1.43. The number of carbonyl (C=O) groups excluding carboxylic acids is 3. The normalized spacial score (nSPS) is 15.1. The maximum atomic E-state index is 12.9. The highest BCUT2D eigenvalue weighted by atomic mass is 32.2. The molecule has 0 spiro atoms. The first-order valence-electron chi connectivity index (χ1n) is 8.57. The molecule has 29 heavy (non-hydrogen) atoms. The van der Waals surface area contributed by atoms with E-state index in [1.165, 1.54) is 35.1 Å². The average molecular weight is 433 g/mol. The lowest BCUT2D eigenvalue weighted by Crippen LogP contribution is -2.41. The molecule has 0 unspecified atom stereocenters. The second-order valence-corrected chi connectivity index (χ2v) is 7.64. The summed E-state index contributed by atoms with van der Waals surface area (Å²) in [6, 6.07) is 8.38. The Morgan fingerprint density at radius 1 is 1.21 bits per heavy atom. The fourth-order valence-electron chi connectivity index (χ4n) is 2.46. The van der Waals surface area contributed by atoms with Gasteiger partial charge in [0.05, 0.1) is 11.2 Å². The molecule has 2 N–H and O–H groups in total. The SMILES string of the molecule is O=C(CCCN1C(=O)C(=Cc2ccco2)SC1=S)NNC(=O)c1ccc(F)cc1. The first-order chi connectivity index (χ1) is 13.9. The molecule has 1 saturated heterocycles. The lowest BCUT2D eigenvalue weighted by Gasteiger charge is -2.14. The van der Waals surface area contributed by atoms with E-state index in [1.54, 1.807) is 18.2 Å². The van der Waals surface area contributed by atoms with Crippen molar-refractivity contribution < 1.29 is 23.2 Å². The van der Waals surface area contributed by atoms with Crippen LogP contribution in [0.3, 0.4) is 0 Å². The van der Waals surface area contributed by atoms with Crippen LogP contribution >= 0.6 is 24.0 Å². The summed E-state index contributed by atoms with van der Waals surface area (Å²) in [5.74, 6) is -1.11. The smallest absolute Gasteiger partial charge is 0.269 e. The third-order valence-corrected chi connectivity index (χ3v) is 5.28. The number of amides is 3. The summed E-state index contributed by atoms with van der Waals surface area (Å²) in [4.78, 5) is 38.1. The van der Waals surface area contributed by atoms with Crippen molar-refractivity contribution >= 4 is 52.1 Å². The van der Waals surface area contributed by atoms with Gasteiger partial charge in [-0.25, -0.2) is 4.39 Å². The molecule has 0 bridgehead atoms. The van der Waals surface area contributed by atoms with E-state index >= 15 is 0 Å². The number of halogens is 1. The molecule has 2 aromatic rings. The fraction of sp³-hybridized carbons (Fsp3) is 0.158. The summed E-state index contributed by atoms with van der Waals surface area (Å²) in [5.41, 5.74) is 4.75. The third kappa shape index (κ3) is 5.52. The van der Waals surface area contributed by atoms with Gasteiger partial charge in [0, 0.05) is 24.6 Å². The quantitative estimate of drug-likeness (QED) is 0.414. The van der Waals surface area contributed by atoms with Gasteiger partial charge < -0.3 is 4.42 Å². The van der Waals surface area contributed by atoms with Gasteiger partial charge in [-0.15, -0.1) is 0 Å². The van der Waals surface area contributed by atoms with E-state index in [9.17, 15) is 18.8 Å². The molecule has 3 amide bonds. The van der Waals surface area contributed by atoms with Crippen LogP contribution in [-0.2, 0) is 9.59 Å². The van der Waals surface area contributed by atoms with Gasteiger partial charge in [-0.2, -0.15) is 0 Å².